The van der Waals surface area contributed by atoms with Crippen LogP contribution in [0.15, 0.2) is 24.3 Å². The monoisotopic (exact) mass is 342 g/mol. The largest absolute Gasteiger partial charge is 0.490 e. The van der Waals surface area contributed by atoms with Crippen molar-refractivity contribution < 1.29 is 9.53 Å². The zero-order valence-electron chi connectivity index (χ0n) is 15.2. The van der Waals surface area contributed by atoms with Crippen molar-refractivity contribution in [2.24, 2.45) is 0 Å². The summed E-state index contributed by atoms with van der Waals surface area (Å²) >= 11 is 0. The molecule has 1 aliphatic carbocycles. The second kappa shape index (κ2) is 7.77. The van der Waals surface area contributed by atoms with E-state index in [9.17, 15) is 4.79 Å². The molecule has 1 saturated carbocycles. The second-order valence-corrected chi connectivity index (χ2v) is 7.82. The molecule has 3 aliphatic rings. The quantitative estimate of drug-likeness (QED) is 0.836. The van der Waals surface area contributed by atoms with Gasteiger partial charge in [0.1, 0.15) is 11.9 Å². The maximum Gasteiger partial charge on any atom is 0.253 e. The van der Waals surface area contributed by atoms with Crippen LogP contribution in [0.3, 0.4) is 0 Å². The van der Waals surface area contributed by atoms with Crippen molar-refractivity contribution in [1.82, 2.24) is 9.80 Å². The third-order valence-electron chi connectivity index (χ3n) is 6.11. The Morgan fingerprint density at radius 2 is 1.52 bits per heavy atom. The third kappa shape index (κ3) is 4.00. The second-order valence-electron chi connectivity index (χ2n) is 7.82. The Balaban J connectivity index is 1.28. The van der Waals surface area contributed by atoms with Crippen molar-refractivity contribution in [1.29, 1.82) is 0 Å². The van der Waals surface area contributed by atoms with E-state index in [4.69, 9.17) is 4.74 Å². The van der Waals surface area contributed by atoms with Crippen LogP contribution in [0.5, 0.6) is 5.75 Å². The molecule has 0 atom stereocenters. The fourth-order valence-corrected chi connectivity index (χ4v) is 4.26. The smallest absolute Gasteiger partial charge is 0.253 e. The predicted molar refractivity (Wildman–Crippen MR) is 99.1 cm³/mol. The van der Waals surface area contributed by atoms with Gasteiger partial charge in [-0.15, -0.1) is 0 Å². The van der Waals surface area contributed by atoms with Crippen molar-refractivity contribution in [3.63, 3.8) is 0 Å². The highest BCUT2D eigenvalue weighted by atomic mass is 16.5. The maximum atomic E-state index is 12.5. The molecule has 3 fully saturated rings. The van der Waals surface area contributed by atoms with E-state index in [1.807, 2.05) is 29.2 Å². The van der Waals surface area contributed by atoms with Gasteiger partial charge in [-0.2, -0.15) is 0 Å². The van der Waals surface area contributed by atoms with Crippen molar-refractivity contribution in [2.45, 2.75) is 63.5 Å². The standard InChI is InChI=1S/C21H30N2O2/c24-21(23-13-2-1-3-14-23)17-7-9-19(10-8-17)25-20-11-15-22(16-12-20)18-5-4-6-18/h7-10,18,20H,1-6,11-16H2. The van der Waals surface area contributed by atoms with E-state index in [1.54, 1.807) is 0 Å². The van der Waals surface area contributed by atoms with Gasteiger partial charge in [-0.1, -0.05) is 6.42 Å². The fraction of sp³-hybridized carbons (Fsp3) is 0.667. The number of benzene rings is 1. The number of carbonyl (C=O) groups is 1. The van der Waals surface area contributed by atoms with Crippen molar-refractivity contribution in [2.75, 3.05) is 26.2 Å². The minimum Gasteiger partial charge on any atom is -0.490 e. The van der Waals surface area contributed by atoms with Gasteiger partial charge in [0.05, 0.1) is 0 Å². The summed E-state index contributed by atoms with van der Waals surface area (Å²) in [4.78, 5) is 17.1. The van der Waals surface area contributed by atoms with Gasteiger partial charge in [0.2, 0.25) is 0 Å². The van der Waals surface area contributed by atoms with Crippen molar-refractivity contribution in [3.05, 3.63) is 29.8 Å². The molecular formula is C21H30N2O2. The van der Waals surface area contributed by atoms with Crippen LogP contribution in [0.1, 0.15) is 61.7 Å². The number of ether oxygens (including phenoxy) is 1. The first-order chi connectivity index (χ1) is 12.3. The van der Waals surface area contributed by atoms with E-state index < -0.39 is 0 Å². The highest BCUT2D eigenvalue weighted by molar-refractivity contribution is 5.94. The van der Waals surface area contributed by atoms with Crippen LogP contribution >= 0.6 is 0 Å². The summed E-state index contributed by atoms with van der Waals surface area (Å²) in [7, 11) is 0. The lowest BCUT2D eigenvalue weighted by atomic mass is 9.90. The summed E-state index contributed by atoms with van der Waals surface area (Å²) in [5.74, 6) is 1.07. The number of amides is 1. The highest BCUT2D eigenvalue weighted by Crippen LogP contribution is 2.28. The molecule has 0 N–H and O–H groups in total. The van der Waals surface area contributed by atoms with Crippen LogP contribution in [0.4, 0.5) is 0 Å². The molecule has 0 unspecified atom stereocenters. The van der Waals surface area contributed by atoms with E-state index in [-0.39, 0.29) is 5.91 Å². The topological polar surface area (TPSA) is 32.8 Å². The van der Waals surface area contributed by atoms with Crippen LogP contribution in [-0.2, 0) is 0 Å². The van der Waals surface area contributed by atoms with Gasteiger partial charge < -0.3 is 14.5 Å². The molecule has 4 heteroatoms. The van der Waals surface area contributed by atoms with Crippen LogP contribution < -0.4 is 4.74 Å². The van der Waals surface area contributed by atoms with Crippen molar-refractivity contribution >= 4 is 5.91 Å². The normalized spacial score (nSPS) is 23.3. The highest BCUT2D eigenvalue weighted by Gasteiger charge is 2.29. The SMILES string of the molecule is O=C(c1ccc(OC2CCN(C3CCC3)CC2)cc1)N1CCCCC1. The summed E-state index contributed by atoms with van der Waals surface area (Å²) in [6, 6.07) is 8.64. The van der Waals surface area contributed by atoms with Gasteiger partial charge in [-0.05, 0) is 69.2 Å². The van der Waals surface area contributed by atoms with E-state index in [0.29, 0.717) is 6.10 Å². The molecule has 4 rings (SSSR count). The number of nitrogens with zero attached hydrogens (tertiary/aromatic N) is 2. The summed E-state index contributed by atoms with van der Waals surface area (Å²) < 4.78 is 6.16. The Hall–Kier alpha value is -1.55. The van der Waals surface area contributed by atoms with Crippen LogP contribution in [0.25, 0.3) is 0 Å². The Bertz CT molecular complexity index is 568. The molecule has 1 aromatic rings. The zero-order valence-corrected chi connectivity index (χ0v) is 15.2. The molecule has 0 aromatic heterocycles. The first kappa shape index (κ1) is 16.9. The first-order valence-corrected chi connectivity index (χ1v) is 10.1. The number of rotatable bonds is 4. The average molecular weight is 342 g/mol. The molecule has 0 radical (unpaired) electrons. The molecule has 1 amide bonds. The van der Waals surface area contributed by atoms with Gasteiger partial charge in [-0.3, -0.25) is 4.79 Å². The molecule has 136 valence electrons. The van der Waals surface area contributed by atoms with Crippen LogP contribution in [0, 0.1) is 0 Å². The predicted octanol–water partition coefficient (Wildman–Crippen LogP) is 3.71. The Labute approximate surface area is 151 Å². The zero-order chi connectivity index (χ0) is 17.1. The molecule has 0 bridgehead atoms. The van der Waals surface area contributed by atoms with E-state index >= 15 is 0 Å². The lowest BCUT2D eigenvalue weighted by Crippen LogP contribution is -2.46. The number of piperidine rings is 2. The van der Waals surface area contributed by atoms with Crippen LogP contribution in [-0.4, -0.2) is 54.0 Å². The third-order valence-corrected chi connectivity index (χ3v) is 6.11. The molecule has 1 aromatic carbocycles. The number of hydrogen-bond donors (Lipinski definition) is 0. The van der Waals surface area contributed by atoms with Gasteiger partial charge in [0.15, 0.2) is 0 Å². The van der Waals surface area contributed by atoms with E-state index in [2.05, 4.69) is 4.90 Å². The lowest BCUT2D eigenvalue weighted by Gasteiger charge is -2.41. The summed E-state index contributed by atoms with van der Waals surface area (Å²) in [5, 5.41) is 0. The first-order valence-electron chi connectivity index (χ1n) is 10.1. The molecule has 2 heterocycles. The van der Waals surface area contributed by atoms with Crippen LogP contribution in [0.2, 0.25) is 0 Å². The number of likely N-dealkylation sites (tertiary alicyclic amines) is 2. The molecule has 2 aliphatic heterocycles. The summed E-state index contributed by atoms with van der Waals surface area (Å²) in [6.45, 7) is 4.13. The Morgan fingerprint density at radius 3 is 2.12 bits per heavy atom. The minimum absolute atomic E-state index is 0.167. The van der Waals surface area contributed by atoms with Gasteiger partial charge >= 0.3 is 0 Å². The van der Waals surface area contributed by atoms with Gasteiger partial charge in [-0.25, -0.2) is 0 Å². The molecule has 25 heavy (non-hydrogen) atoms. The minimum atomic E-state index is 0.167. The maximum absolute atomic E-state index is 12.5. The Morgan fingerprint density at radius 1 is 0.840 bits per heavy atom. The van der Waals surface area contributed by atoms with E-state index in [1.165, 1.54) is 38.8 Å². The summed E-state index contributed by atoms with van der Waals surface area (Å²) in [6.07, 6.45) is 10.2. The summed E-state index contributed by atoms with van der Waals surface area (Å²) in [5.41, 5.74) is 0.786. The molecule has 2 saturated heterocycles. The number of hydrogen-bond acceptors (Lipinski definition) is 3. The molecule has 4 nitrogen and oxygen atoms in total. The van der Waals surface area contributed by atoms with Gasteiger partial charge in [0.25, 0.3) is 5.91 Å². The van der Waals surface area contributed by atoms with Gasteiger partial charge in [0, 0.05) is 37.8 Å². The van der Waals surface area contributed by atoms with Crippen molar-refractivity contribution in [3.8, 4) is 5.75 Å². The Kier molecular flexibility index (Phi) is 5.25. The number of carbonyl (C=O) groups excluding carboxylic acids is 1. The lowest BCUT2D eigenvalue weighted by molar-refractivity contribution is 0.0493. The average Bonchev–Trinajstić information content (AvgIpc) is 2.63. The molecular weight excluding hydrogens is 312 g/mol. The molecule has 0 spiro atoms. The fourth-order valence-electron chi connectivity index (χ4n) is 4.26. The van der Waals surface area contributed by atoms with E-state index in [0.717, 1.165) is 56.1 Å².